The molecule has 0 saturated carbocycles. The molecule has 116 valence electrons. The van der Waals surface area contributed by atoms with Crippen LogP contribution in [0.1, 0.15) is 33.3 Å². The van der Waals surface area contributed by atoms with E-state index in [9.17, 15) is 0 Å². The minimum Gasteiger partial charge on any atom is -0.400 e. The van der Waals surface area contributed by atoms with Crippen LogP contribution in [0.15, 0.2) is 29.9 Å². The van der Waals surface area contributed by atoms with Crippen LogP contribution in [0.25, 0.3) is 17.0 Å². The van der Waals surface area contributed by atoms with Gasteiger partial charge in [-0.05, 0) is 38.7 Å². The Morgan fingerprint density at radius 3 is 2.59 bits per heavy atom. The van der Waals surface area contributed by atoms with Crippen molar-refractivity contribution in [2.45, 2.75) is 38.9 Å². The van der Waals surface area contributed by atoms with E-state index < -0.39 is 7.12 Å². The van der Waals surface area contributed by atoms with Crippen LogP contribution in [-0.4, -0.2) is 35.1 Å². The van der Waals surface area contributed by atoms with E-state index in [1.807, 2.05) is 58.2 Å². The molecule has 22 heavy (non-hydrogen) atoms. The number of rotatable bonds is 3. The van der Waals surface area contributed by atoms with Crippen molar-refractivity contribution in [2.24, 2.45) is 5.73 Å². The van der Waals surface area contributed by atoms with E-state index in [1.54, 1.807) is 0 Å². The molecule has 1 saturated heterocycles. The summed E-state index contributed by atoms with van der Waals surface area (Å²) in [6.45, 7) is 8.53. The standard InChI is InChI=1S/C16H22BN3O2/c1-15(2)16(3,4)22-17(21-15)13(9-18)8-11-6-5-7-12-10-19-20-14(11)12/h5-8,10H,9,18H2,1-4H3,(H,19,20). The molecule has 0 aliphatic carbocycles. The zero-order chi connectivity index (χ0) is 16.0. The Morgan fingerprint density at radius 2 is 1.95 bits per heavy atom. The maximum absolute atomic E-state index is 6.09. The van der Waals surface area contributed by atoms with E-state index in [2.05, 4.69) is 10.2 Å². The molecule has 2 heterocycles. The fourth-order valence-corrected chi connectivity index (χ4v) is 2.53. The van der Waals surface area contributed by atoms with Crippen LogP contribution in [0.2, 0.25) is 0 Å². The topological polar surface area (TPSA) is 73.2 Å². The number of benzene rings is 1. The average Bonchev–Trinajstić information content (AvgIpc) is 2.99. The molecule has 1 aliphatic heterocycles. The summed E-state index contributed by atoms with van der Waals surface area (Å²) in [6, 6.07) is 6.05. The Morgan fingerprint density at radius 1 is 1.27 bits per heavy atom. The Bertz CT molecular complexity index is 705. The number of hydrogen-bond donors (Lipinski definition) is 2. The third-order valence-corrected chi connectivity index (χ3v) is 4.64. The van der Waals surface area contributed by atoms with Gasteiger partial charge < -0.3 is 15.0 Å². The molecular weight excluding hydrogens is 277 g/mol. The second kappa shape index (κ2) is 5.23. The number of hydrogen-bond acceptors (Lipinski definition) is 4. The normalized spacial score (nSPS) is 20.8. The highest BCUT2D eigenvalue weighted by Crippen LogP contribution is 2.38. The number of para-hydroxylation sites is 1. The lowest BCUT2D eigenvalue weighted by atomic mass is 9.77. The fraction of sp³-hybridized carbons (Fsp3) is 0.438. The van der Waals surface area contributed by atoms with Gasteiger partial charge in [0.1, 0.15) is 0 Å². The van der Waals surface area contributed by atoms with Gasteiger partial charge in [-0.3, -0.25) is 5.10 Å². The number of nitrogens with two attached hydrogens (primary N) is 1. The lowest BCUT2D eigenvalue weighted by Gasteiger charge is -2.32. The van der Waals surface area contributed by atoms with Crippen molar-refractivity contribution in [1.82, 2.24) is 10.2 Å². The van der Waals surface area contributed by atoms with Gasteiger partial charge in [-0.15, -0.1) is 0 Å². The number of aromatic amines is 1. The number of fused-ring (bicyclic) bond motifs is 1. The molecule has 0 bridgehead atoms. The largest absolute Gasteiger partial charge is 0.491 e. The average molecular weight is 299 g/mol. The van der Waals surface area contributed by atoms with Gasteiger partial charge in [0.15, 0.2) is 0 Å². The monoisotopic (exact) mass is 299 g/mol. The first-order valence-corrected chi connectivity index (χ1v) is 7.52. The highest BCUT2D eigenvalue weighted by atomic mass is 16.7. The van der Waals surface area contributed by atoms with E-state index in [-0.39, 0.29) is 11.2 Å². The highest BCUT2D eigenvalue weighted by Gasteiger charge is 2.52. The van der Waals surface area contributed by atoms with E-state index in [4.69, 9.17) is 15.0 Å². The van der Waals surface area contributed by atoms with Crippen LogP contribution >= 0.6 is 0 Å². The SMILES string of the molecule is CC1(C)OB(C(=Cc2cccc3cn[nH]c23)CN)OC1(C)C. The van der Waals surface area contributed by atoms with Crippen LogP contribution in [-0.2, 0) is 9.31 Å². The molecule has 3 rings (SSSR count). The Hall–Kier alpha value is -1.63. The van der Waals surface area contributed by atoms with E-state index >= 15 is 0 Å². The first-order chi connectivity index (χ1) is 10.3. The molecule has 0 unspecified atom stereocenters. The molecule has 1 aromatic carbocycles. The molecule has 1 fully saturated rings. The lowest BCUT2D eigenvalue weighted by molar-refractivity contribution is 0.00578. The predicted molar refractivity (Wildman–Crippen MR) is 89.2 cm³/mol. The van der Waals surface area contributed by atoms with Crippen LogP contribution in [0, 0.1) is 0 Å². The van der Waals surface area contributed by atoms with Crippen molar-refractivity contribution in [1.29, 1.82) is 0 Å². The van der Waals surface area contributed by atoms with Crippen molar-refractivity contribution < 1.29 is 9.31 Å². The molecule has 3 N–H and O–H groups in total. The van der Waals surface area contributed by atoms with Crippen molar-refractivity contribution >= 4 is 24.1 Å². The van der Waals surface area contributed by atoms with Crippen LogP contribution in [0.5, 0.6) is 0 Å². The zero-order valence-corrected chi connectivity index (χ0v) is 13.5. The fourth-order valence-electron chi connectivity index (χ4n) is 2.53. The van der Waals surface area contributed by atoms with Crippen LogP contribution < -0.4 is 5.73 Å². The van der Waals surface area contributed by atoms with Crippen LogP contribution in [0.4, 0.5) is 0 Å². The summed E-state index contributed by atoms with van der Waals surface area (Å²) >= 11 is 0. The summed E-state index contributed by atoms with van der Waals surface area (Å²) < 4.78 is 12.2. The van der Waals surface area contributed by atoms with E-state index in [1.165, 1.54) is 0 Å². The molecule has 2 aromatic rings. The van der Waals surface area contributed by atoms with Gasteiger partial charge in [-0.1, -0.05) is 24.3 Å². The summed E-state index contributed by atoms with van der Waals surface area (Å²) in [7, 11) is -0.423. The minimum absolute atomic E-state index is 0.369. The van der Waals surface area contributed by atoms with E-state index in [0.29, 0.717) is 6.54 Å². The smallest absolute Gasteiger partial charge is 0.400 e. The molecule has 1 aliphatic rings. The summed E-state index contributed by atoms with van der Waals surface area (Å²) in [4.78, 5) is 0. The predicted octanol–water partition coefficient (Wildman–Crippen LogP) is 2.54. The highest BCUT2D eigenvalue weighted by molar-refractivity contribution is 6.56. The van der Waals surface area contributed by atoms with Crippen molar-refractivity contribution in [3.8, 4) is 0 Å². The Kier molecular flexibility index (Phi) is 3.63. The van der Waals surface area contributed by atoms with Crippen molar-refractivity contribution in [2.75, 3.05) is 6.54 Å². The van der Waals surface area contributed by atoms with Crippen molar-refractivity contribution in [3.05, 3.63) is 35.4 Å². The number of nitrogens with one attached hydrogen (secondary N) is 1. The summed E-state index contributed by atoms with van der Waals surface area (Å²) in [5, 5.41) is 8.18. The zero-order valence-electron chi connectivity index (χ0n) is 13.5. The van der Waals surface area contributed by atoms with Gasteiger partial charge in [-0.2, -0.15) is 5.10 Å². The third kappa shape index (κ3) is 2.47. The number of H-pyrrole nitrogens is 1. The summed E-state index contributed by atoms with van der Waals surface area (Å²) in [6.07, 6.45) is 3.84. The van der Waals surface area contributed by atoms with Crippen molar-refractivity contribution in [3.63, 3.8) is 0 Å². The summed E-state index contributed by atoms with van der Waals surface area (Å²) in [5.41, 5.74) is 8.15. The maximum atomic E-state index is 6.09. The third-order valence-electron chi connectivity index (χ3n) is 4.64. The van der Waals surface area contributed by atoms with Gasteiger partial charge in [0.05, 0.1) is 22.9 Å². The minimum atomic E-state index is -0.423. The van der Waals surface area contributed by atoms with Gasteiger partial charge in [-0.25, -0.2) is 0 Å². The summed E-state index contributed by atoms with van der Waals surface area (Å²) in [5.74, 6) is 0. The van der Waals surface area contributed by atoms with Crippen LogP contribution in [0.3, 0.4) is 0 Å². The molecule has 0 spiro atoms. The Labute approximate surface area is 131 Å². The number of nitrogens with zero attached hydrogens (tertiary/aromatic N) is 1. The first-order valence-electron chi connectivity index (χ1n) is 7.52. The van der Waals surface area contributed by atoms with Gasteiger partial charge in [0.25, 0.3) is 0 Å². The Balaban J connectivity index is 1.97. The van der Waals surface area contributed by atoms with E-state index in [0.717, 1.165) is 21.9 Å². The van der Waals surface area contributed by atoms with Gasteiger partial charge in [0, 0.05) is 11.9 Å². The maximum Gasteiger partial charge on any atom is 0.491 e. The quantitative estimate of drug-likeness (QED) is 0.854. The van der Waals surface area contributed by atoms with Gasteiger partial charge in [0.2, 0.25) is 0 Å². The molecule has 1 aromatic heterocycles. The molecule has 0 amide bonds. The lowest BCUT2D eigenvalue weighted by Crippen LogP contribution is -2.41. The molecule has 0 radical (unpaired) electrons. The molecular formula is C16H22BN3O2. The number of aromatic nitrogens is 2. The molecule has 5 nitrogen and oxygen atoms in total. The molecule has 0 atom stereocenters. The molecule has 6 heteroatoms. The van der Waals surface area contributed by atoms with Gasteiger partial charge >= 0.3 is 7.12 Å². The first kappa shape index (κ1) is 15.3. The second-order valence-corrected chi connectivity index (χ2v) is 6.69. The second-order valence-electron chi connectivity index (χ2n) is 6.69.